The summed E-state index contributed by atoms with van der Waals surface area (Å²) in [7, 11) is 0. The molecule has 3 N–H and O–H groups in total. The van der Waals surface area contributed by atoms with Crippen molar-refractivity contribution in [3.05, 3.63) is 63.9 Å². The molecule has 0 bridgehead atoms. The van der Waals surface area contributed by atoms with E-state index < -0.39 is 0 Å². The van der Waals surface area contributed by atoms with Gasteiger partial charge in [0.15, 0.2) is 0 Å². The van der Waals surface area contributed by atoms with E-state index in [4.69, 9.17) is 5.73 Å². The Morgan fingerprint density at radius 3 is 2.79 bits per heavy atom. The van der Waals surface area contributed by atoms with Crippen LogP contribution in [0.3, 0.4) is 0 Å². The van der Waals surface area contributed by atoms with Crippen LogP contribution in [0.5, 0.6) is 0 Å². The second kappa shape index (κ2) is 5.84. The molecule has 0 fully saturated rings. The highest BCUT2D eigenvalue weighted by Gasteiger charge is 2.09. The third-order valence-corrected chi connectivity index (χ3v) is 3.10. The van der Waals surface area contributed by atoms with E-state index in [1.807, 2.05) is 0 Å². The molecule has 2 aromatic rings. The molecule has 2 rings (SSSR count). The van der Waals surface area contributed by atoms with Gasteiger partial charge in [-0.3, -0.25) is 4.79 Å². The predicted molar refractivity (Wildman–Crippen MR) is 76.1 cm³/mol. The predicted octanol–water partition coefficient (Wildman–Crippen LogP) is 3.10. The van der Waals surface area contributed by atoms with E-state index in [2.05, 4.69) is 21.2 Å². The van der Waals surface area contributed by atoms with Gasteiger partial charge in [-0.05, 0) is 35.9 Å². The van der Waals surface area contributed by atoms with E-state index in [0.717, 1.165) is 4.47 Å². The number of anilines is 1. The van der Waals surface area contributed by atoms with Gasteiger partial charge >= 0.3 is 0 Å². The van der Waals surface area contributed by atoms with Crippen molar-refractivity contribution in [2.45, 2.75) is 6.54 Å². The fourth-order valence-corrected chi connectivity index (χ4v) is 2.01. The minimum Gasteiger partial charge on any atom is -0.398 e. The molecule has 0 heterocycles. The van der Waals surface area contributed by atoms with Gasteiger partial charge in [-0.2, -0.15) is 0 Å². The number of nitrogen functional groups attached to an aromatic ring is 1. The fraction of sp³-hybridized carbons (Fsp3) is 0.0714. The summed E-state index contributed by atoms with van der Waals surface area (Å²) in [6.07, 6.45) is 0. The molecular formula is C14H12BrFN2O. The Bertz CT molecular complexity index is 616. The summed E-state index contributed by atoms with van der Waals surface area (Å²) in [5.41, 5.74) is 7.23. The third-order valence-electron chi connectivity index (χ3n) is 2.60. The van der Waals surface area contributed by atoms with Crippen LogP contribution in [-0.2, 0) is 6.54 Å². The second-order valence-electron chi connectivity index (χ2n) is 4.04. The third kappa shape index (κ3) is 3.54. The monoisotopic (exact) mass is 322 g/mol. The first kappa shape index (κ1) is 13.5. The quantitative estimate of drug-likeness (QED) is 0.853. The summed E-state index contributed by atoms with van der Waals surface area (Å²) in [6.45, 7) is 0.253. The average molecular weight is 323 g/mol. The van der Waals surface area contributed by atoms with Crippen molar-refractivity contribution in [1.29, 1.82) is 0 Å². The lowest BCUT2D eigenvalue weighted by Gasteiger charge is -2.08. The molecule has 0 atom stereocenters. The van der Waals surface area contributed by atoms with Gasteiger partial charge in [-0.25, -0.2) is 4.39 Å². The largest absolute Gasteiger partial charge is 0.398 e. The van der Waals surface area contributed by atoms with Crippen LogP contribution >= 0.6 is 15.9 Å². The molecule has 0 saturated heterocycles. The molecule has 0 aromatic heterocycles. The van der Waals surface area contributed by atoms with Crippen molar-refractivity contribution in [2.75, 3.05) is 5.73 Å². The molecule has 0 saturated carbocycles. The molecule has 3 nitrogen and oxygen atoms in total. The first-order valence-corrected chi connectivity index (χ1v) is 6.43. The van der Waals surface area contributed by atoms with Crippen molar-refractivity contribution in [2.24, 2.45) is 0 Å². The Labute approximate surface area is 118 Å². The number of nitrogens with two attached hydrogens (primary N) is 1. The van der Waals surface area contributed by atoms with Crippen molar-refractivity contribution >= 4 is 27.5 Å². The normalized spacial score (nSPS) is 10.2. The molecule has 1 amide bonds. The molecule has 0 aliphatic heterocycles. The highest BCUT2D eigenvalue weighted by Crippen LogP contribution is 2.18. The number of hydrogen-bond donors (Lipinski definition) is 2. The number of nitrogens with one attached hydrogen (secondary N) is 1. The maximum atomic E-state index is 13.0. The van der Waals surface area contributed by atoms with Crippen LogP contribution in [0.2, 0.25) is 0 Å². The standard InChI is InChI=1S/C14H12BrFN2O/c15-10-4-5-13(17)12(7-10)14(19)18-8-9-2-1-3-11(16)6-9/h1-7H,8,17H2,(H,18,19). The average Bonchev–Trinajstić information content (AvgIpc) is 2.39. The summed E-state index contributed by atoms with van der Waals surface area (Å²) in [5, 5.41) is 2.70. The molecule has 19 heavy (non-hydrogen) atoms. The summed E-state index contributed by atoms with van der Waals surface area (Å²) < 4.78 is 13.8. The van der Waals surface area contributed by atoms with Crippen molar-refractivity contribution in [1.82, 2.24) is 5.32 Å². The zero-order valence-corrected chi connectivity index (χ0v) is 11.6. The number of hydrogen-bond acceptors (Lipinski definition) is 2. The van der Waals surface area contributed by atoms with E-state index in [0.29, 0.717) is 16.8 Å². The SMILES string of the molecule is Nc1ccc(Br)cc1C(=O)NCc1cccc(F)c1. The van der Waals surface area contributed by atoms with Gasteiger partial charge in [-0.1, -0.05) is 28.1 Å². The molecule has 5 heteroatoms. The van der Waals surface area contributed by atoms with Gasteiger partial charge < -0.3 is 11.1 Å². The smallest absolute Gasteiger partial charge is 0.253 e. The van der Waals surface area contributed by atoms with Crippen LogP contribution in [0.25, 0.3) is 0 Å². The molecule has 0 aliphatic carbocycles. The number of rotatable bonds is 3. The Hall–Kier alpha value is -1.88. The van der Waals surface area contributed by atoms with Crippen LogP contribution in [0.1, 0.15) is 15.9 Å². The van der Waals surface area contributed by atoms with Crippen molar-refractivity contribution in [3.63, 3.8) is 0 Å². The Balaban J connectivity index is 2.07. The van der Waals surface area contributed by atoms with E-state index in [1.165, 1.54) is 12.1 Å². The van der Waals surface area contributed by atoms with Crippen LogP contribution in [0.4, 0.5) is 10.1 Å². The number of benzene rings is 2. The summed E-state index contributed by atoms with van der Waals surface area (Å²) in [5.74, 6) is -0.614. The molecule has 2 aromatic carbocycles. The van der Waals surface area contributed by atoms with E-state index in [1.54, 1.807) is 30.3 Å². The van der Waals surface area contributed by atoms with E-state index in [9.17, 15) is 9.18 Å². The van der Waals surface area contributed by atoms with Gasteiger partial charge in [0.1, 0.15) is 5.82 Å². The molecule has 0 unspecified atom stereocenters. The number of carbonyl (C=O) groups excluding carboxylic acids is 1. The van der Waals surface area contributed by atoms with Gasteiger partial charge in [-0.15, -0.1) is 0 Å². The van der Waals surface area contributed by atoms with E-state index in [-0.39, 0.29) is 18.3 Å². The van der Waals surface area contributed by atoms with Crippen LogP contribution < -0.4 is 11.1 Å². The van der Waals surface area contributed by atoms with Crippen molar-refractivity contribution < 1.29 is 9.18 Å². The van der Waals surface area contributed by atoms with E-state index >= 15 is 0 Å². The summed E-state index contributed by atoms with van der Waals surface area (Å²) >= 11 is 3.29. The molecular weight excluding hydrogens is 311 g/mol. The first-order chi connectivity index (χ1) is 9.06. The number of halogens is 2. The lowest BCUT2D eigenvalue weighted by atomic mass is 10.1. The number of amides is 1. The van der Waals surface area contributed by atoms with Gasteiger partial charge in [0.2, 0.25) is 0 Å². The number of carbonyl (C=O) groups is 1. The topological polar surface area (TPSA) is 55.1 Å². The maximum Gasteiger partial charge on any atom is 0.253 e. The van der Waals surface area contributed by atoms with Gasteiger partial charge in [0.25, 0.3) is 5.91 Å². The summed E-state index contributed by atoms with van der Waals surface area (Å²) in [4.78, 5) is 12.0. The fourth-order valence-electron chi connectivity index (χ4n) is 1.65. The zero-order valence-electron chi connectivity index (χ0n) is 9.99. The lowest BCUT2D eigenvalue weighted by Crippen LogP contribution is -2.23. The minimum atomic E-state index is -0.325. The Morgan fingerprint density at radius 2 is 2.05 bits per heavy atom. The minimum absolute atomic E-state index is 0.253. The summed E-state index contributed by atoms with van der Waals surface area (Å²) in [6, 6.07) is 11.1. The molecule has 0 radical (unpaired) electrons. The highest BCUT2D eigenvalue weighted by atomic mass is 79.9. The van der Waals surface area contributed by atoms with Crippen LogP contribution in [0.15, 0.2) is 46.9 Å². The van der Waals surface area contributed by atoms with Gasteiger partial charge in [0.05, 0.1) is 5.56 Å². The molecule has 98 valence electrons. The second-order valence-corrected chi connectivity index (χ2v) is 4.96. The van der Waals surface area contributed by atoms with Crippen LogP contribution in [-0.4, -0.2) is 5.91 Å². The van der Waals surface area contributed by atoms with Crippen molar-refractivity contribution in [3.8, 4) is 0 Å². The Kier molecular flexibility index (Phi) is 4.16. The van der Waals surface area contributed by atoms with Gasteiger partial charge in [0, 0.05) is 16.7 Å². The lowest BCUT2D eigenvalue weighted by molar-refractivity contribution is 0.0951. The first-order valence-electron chi connectivity index (χ1n) is 5.64. The maximum absolute atomic E-state index is 13.0. The molecule has 0 aliphatic rings. The van der Waals surface area contributed by atoms with Crippen LogP contribution in [0, 0.1) is 5.82 Å². The zero-order chi connectivity index (χ0) is 13.8. The molecule has 0 spiro atoms. The Morgan fingerprint density at radius 1 is 1.26 bits per heavy atom. The highest BCUT2D eigenvalue weighted by molar-refractivity contribution is 9.10.